The van der Waals surface area contributed by atoms with Gasteiger partial charge in [0.25, 0.3) is 0 Å². The summed E-state index contributed by atoms with van der Waals surface area (Å²) in [4.78, 5) is 0. The van der Waals surface area contributed by atoms with Gasteiger partial charge in [-0.3, -0.25) is 0 Å². The molecule has 0 saturated carbocycles. The molecule has 3 aromatic rings. The van der Waals surface area contributed by atoms with Crippen LogP contribution in [-0.2, 0) is 12.8 Å². The second kappa shape index (κ2) is 4.10. The lowest BCUT2D eigenvalue weighted by atomic mass is 9.94. The summed E-state index contributed by atoms with van der Waals surface area (Å²) in [5, 5.41) is 4.31. The Bertz CT molecular complexity index is 814. The van der Waals surface area contributed by atoms with Gasteiger partial charge in [0.15, 0.2) is 0 Å². The number of hydrogen-bond acceptors (Lipinski definition) is 2. The molecule has 2 N–H and O–H groups in total. The summed E-state index contributed by atoms with van der Waals surface area (Å²) in [6.45, 7) is 2.15. The van der Waals surface area contributed by atoms with Gasteiger partial charge in [-0.05, 0) is 55.0 Å². The van der Waals surface area contributed by atoms with Crippen LogP contribution >= 0.6 is 0 Å². The lowest BCUT2D eigenvalue weighted by molar-refractivity contribution is 0.912. The molecule has 1 aliphatic rings. The lowest BCUT2D eigenvalue weighted by Gasteiger charge is -2.15. The zero-order chi connectivity index (χ0) is 13.7. The van der Waals surface area contributed by atoms with Crippen molar-refractivity contribution in [1.82, 2.24) is 9.61 Å². The van der Waals surface area contributed by atoms with Gasteiger partial charge in [0, 0.05) is 29.2 Å². The Labute approximate surface area is 118 Å². The minimum absolute atomic E-state index is 0.962. The fourth-order valence-electron chi connectivity index (χ4n) is 3.38. The maximum Gasteiger partial charge on any atom is 0.0661 e. The Morgan fingerprint density at radius 1 is 1.20 bits per heavy atom. The molecule has 0 fully saturated rings. The number of nitrogens with two attached hydrogens (primary N) is 1. The second-order valence-corrected chi connectivity index (χ2v) is 5.59. The van der Waals surface area contributed by atoms with Crippen molar-refractivity contribution in [3.8, 4) is 11.1 Å². The molecular weight excluding hydrogens is 246 g/mol. The van der Waals surface area contributed by atoms with Crippen LogP contribution in [0, 0.1) is 6.92 Å². The van der Waals surface area contributed by atoms with Gasteiger partial charge < -0.3 is 5.73 Å². The highest BCUT2D eigenvalue weighted by Gasteiger charge is 2.19. The third-order valence-electron chi connectivity index (χ3n) is 4.32. The highest BCUT2D eigenvalue weighted by Crippen LogP contribution is 2.38. The molecule has 20 heavy (non-hydrogen) atoms. The highest BCUT2D eigenvalue weighted by molar-refractivity contribution is 5.83. The Kier molecular flexibility index (Phi) is 2.36. The maximum absolute atomic E-state index is 6.46. The molecular formula is C17H17N3. The molecule has 0 aliphatic heterocycles. The Balaban J connectivity index is 1.97. The molecule has 0 radical (unpaired) electrons. The number of aryl methyl sites for hydroxylation is 2. The third-order valence-corrected chi connectivity index (χ3v) is 4.32. The van der Waals surface area contributed by atoms with E-state index < -0.39 is 0 Å². The zero-order valence-electron chi connectivity index (χ0n) is 11.6. The van der Waals surface area contributed by atoms with Crippen LogP contribution in [0.3, 0.4) is 0 Å². The average molecular weight is 263 g/mol. The Morgan fingerprint density at radius 2 is 2.10 bits per heavy atom. The average Bonchev–Trinajstić information content (AvgIpc) is 3.06. The van der Waals surface area contributed by atoms with E-state index in [2.05, 4.69) is 36.4 Å². The van der Waals surface area contributed by atoms with E-state index in [1.54, 1.807) is 0 Å². The van der Waals surface area contributed by atoms with Gasteiger partial charge >= 0.3 is 0 Å². The van der Waals surface area contributed by atoms with Gasteiger partial charge in [0.1, 0.15) is 0 Å². The predicted molar refractivity (Wildman–Crippen MR) is 81.8 cm³/mol. The molecule has 0 amide bonds. The molecule has 1 aromatic carbocycles. The van der Waals surface area contributed by atoms with Crippen LogP contribution in [0.2, 0.25) is 0 Å². The van der Waals surface area contributed by atoms with Crippen molar-refractivity contribution >= 4 is 11.2 Å². The summed E-state index contributed by atoms with van der Waals surface area (Å²) in [5.74, 6) is 0. The lowest BCUT2D eigenvalue weighted by Crippen LogP contribution is -2.00. The maximum atomic E-state index is 6.46. The first-order chi connectivity index (χ1) is 9.74. The van der Waals surface area contributed by atoms with Crippen molar-refractivity contribution in [1.29, 1.82) is 0 Å². The fourth-order valence-corrected chi connectivity index (χ4v) is 3.38. The van der Waals surface area contributed by atoms with Gasteiger partial charge in [-0.1, -0.05) is 12.1 Å². The number of hydrogen-bond donors (Lipinski definition) is 1. The first-order valence-corrected chi connectivity index (χ1v) is 7.08. The topological polar surface area (TPSA) is 43.3 Å². The number of nitrogen functional groups attached to an aromatic ring is 1. The van der Waals surface area contributed by atoms with Crippen LogP contribution in [0.1, 0.15) is 23.1 Å². The normalized spacial score (nSPS) is 13.8. The monoisotopic (exact) mass is 263 g/mol. The molecule has 2 heterocycles. The van der Waals surface area contributed by atoms with Gasteiger partial charge in [0.2, 0.25) is 0 Å². The van der Waals surface area contributed by atoms with Crippen LogP contribution in [0.25, 0.3) is 16.6 Å². The molecule has 0 unspecified atom stereocenters. The van der Waals surface area contributed by atoms with Gasteiger partial charge in [0.05, 0.1) is 5.52 Å². The van der Waals surface area contributed by atoms with E-state index in [1.807, 2.05) is 16.8 Å². The minimum atomic E-state index is 0.962. The molecule has 2 aromatic heterocycles. The van der Waals surface area contributed by atoms with Crippen LogP contribution in [0.15, 0.2) is 36.7 Å². The Hall–Kier alpha value is -2.29. The van der Waals surface area contributed by atoms with E-state index >= 15 is 0 Å². The predicted octanol–water partition coefficient (Wildman–Crippen LogP) is 3.38. The summed E-state index contributed by atoms with van der Waals surface area (Å²) in [6, 6.07) is 8.54. The van der Waals surface area contributed by atoms with E-state index in [-0.39, 0.29) is 0 Å². The van der Waals surface area contributed by atoms with Gasteiger partial charge in [-0.2, -0.15) is 5.10 Å². The van der Waals surface area contributed by atoms with E-state index in [0.717, 1.165) is 23.2 Å². The smallest absolute Gasteiger partial charge is 0.0661 e. The summed E-state index contributed by atoms with van der Waals surface area (Å²) in [6.07, 6.45) is 7.38. The molecule has 4 rings (SSSR count). The fraction of sp³-hybridized carbons (Fsp3) is 0.235. The van der Waals surface area contributed by atoms with E-state index in [9.17, 15) is 0 Å². The van der Waals surface area contributed by atoms with Gasteiger partial charge in [-0.15, -0.1) is 0 Å². The zero-order valence-corrected chi connectivity index (χ0v) is 11.6. The first kappa shape index (κ1) is 11.5. The van der Waals surface area contributed by atoms with Crippen molar-refractivity contribution < 1.29 is 0 Å². The minimum Gasteiger partial charge on any atom is -0.398 e. The quantitative estimate of drug-likeness (QED) is 0.684. The third kappa shape index (κ3) is 1.56. The van der Waals surface area contributed by atoms with Crippen molar-refractivity contribution in [2.75, 3.05) is 5.73 Å². The standard InChI is InChI=1S/C17H17N3/c1-11-9-12-3-2-4-15(12)17(18)16(11)13-5-6-14-7-8-19-20(14)10-13/h5-10H,2-4,18H2,1H3. The Morgan fingerprint density at radius 3 is 3.00 bits per heavy atom. The number of aromatic nitrogens is 2. The molecule has 0 saturated heterocycles. The summed E-state index contributed by atoms with van der Waals surface area (Å²) in [7, 11) is 0. The van der Waals surface area contributed by atoms with Crippen molar-refractivity contribution in [2.45, 2.75) is 26.2 Å². The van der Waals surface area contributed by atoms with Crippen LogP contribution < -0.4 is 5.73 Å². The van der Waals surface area contributed by atoms with Crippen LogP contribution in [-0.4, -0.2) is 9.61 Å². The summed E-state index contributed by atoms with van der Waals surface area (Å²) >= 11 is 0. The van der Waals surface area contributed by atoms with Crippen molar-refractivity contribution in [2.24, 2.45) is 0 Å². The first-order valence-electron chi connectivity index (χ1n) is 7.08. The SMILES string of the molecule is Cc1cc2c(c(N)c1-c1ccc3ccnn3c1)CCC2. The van der Waals surface area contributed by atoms with Crippen LogP contribution in [0.4, 0.5) is 5.69 Å². The van der Waals surface area contributed by atoms with Gasteiger partial charge in [-0.25, -0.2) is 4.52 Å². The number of benzene rings is 1. The van der Waals surface area contributed by atoms with E-state index in [4.69, 9.17) is 5.73 Å². The molecule has 3 nitrogen and oxygen atoms in total. The highest BCUT2D eigenvalue weighted by atomic mass is 15.2. The number of rotatable bonds is 1. The second-order valence-electron chi connectivity index (χ2n) is 5.59. The molecule has 0 atom stereocenters. The molecule has 3 heteroatoms. The van der Waals surface area contributed by atoms with Crippen molar-refractivity contribution in [3.63, 3.8) is 0 Å². The number of nitrogens with zero attached hydrogens (tertiary/aromatic N) is 2. The largest absolute Gasteiger partial charge is 0.398 e. The number of fused-ring (bicyclic) bond motifs is 2. The van der Waals surface area contributed by atoms with E-state index in [0.29, 0.717) is 0 Å². The van der Waals surface area contributed by atoms with Crippen LogP contribution in [0.5, 0.6) is 0 Å². The molecule has 100 valence electrons. The summed E-state index contributed by atoms with van der Waals surface area (Å²) in [5.41, 5.74) is 14.9. The van der Waals surface area contributed by atoms with E-state index in [1.165, 1.54) is 35.1 Å². The number of anilines is 1. The summed E-state index contributed by atoms with van der Waals surface area (Å²) < 4.78 is 1.90. The van der Waals surface area contributed by atoms with Crippen molar-refractivity contribution in [3.05, 3.63) is 53.3 Å². The number of pyridine rings is 1. The molecule has 1 aliphatic carbocycles. The molecule has 0 bridgehead atoms. The molecule has 0 spiro atoms.